The summed E-state index contributed by atoms with van der Waals surface area (Å²) in [7, 11) is 0. The van der Waals surface area contributed by atoms with Crippen molar-refractivity contribution >= 4 is 35.5 Å². The van der Waals surface area contributed by atoms with Crippen LogP contribution in [0.3, 0.4) is 0 Å². The Morgan fingerprint density at radius 3 is 2.27 bits per heavy atom. The topological polar surface area (TPSA) is 163 Å². The summed E-state index contributed by atoms with van der Waals surface area (Å²) in [5, 5.41) is 10.5. The number of Topliss-reactive ketones (excluding diaryl/α,β-unsaturated/α-hetero) is 1. The van der Waals surface area contributed by atoms with E-state index in [0.717, 1.165) is 0 Å². The first-order valence-corrected chi connectivity index (χ1v) is 15.1. The molecule has 1 heterocycles. The molecule has 1 unspecified atom stereocenters. The van der Waals surface area contributed by atoms with E-state index in [9.17, 15) is 28.8 Å². The number of nitrogens with zero attached hydrogens (tertiary/aromatic N) is 1. The zero-order valence-electron chi connectivity index (χ0n) is 27.2. The van der Waals surface area contributed by atoms with E-state index in [2.05, 4.69) is 33.8 Å². The maximum absolute atomic E-state index is 14.1. The molecule has 1 saturated heterocycles. The molecular formula is C32H49N5O7. The van der Waals surface area contributed by atoms with Crippen molar-refractivity contribution in [3.8, 4) is 12.3 Å². The first-order chi connectivity index (χ1) is 20.4. The molecule has 0 spiro atoms. The number of ether oxygens (including phenoxy) is 1. The van der Waals surface area contributed by atoms with Gasteiger partial charge in [-0.15, -0.1) is 13.0 Å². The van der Waals surface area contributed by atoms with Crippen LogP contribution in [0.25, 0.3) is 0 Å². The summed E-state index contributed by atoms with van der Waals surface area (Å²) in [5.41, 5.74) is -0.991. The number of hydrogen-bond donors (Lipinski definition) is 4. The number of likely N-dealkylation sites (tertiary alicyclic amines) is 1. The van der Waals surface area contributed by atoms with Crippen molar-refractivity contribution in [1.82, 2.24) is 26.2 Å². The molecule has 2 fully saturated rings. The van der Waals surface area contributed by atoms with Crippen LogP contribution in [0.15, 0.2) is 12.7 Å². The number of urea groups is 1. The van der Waals surface area contributed by atoms with Gasteiger partial charge < -0.3 is 30.9 Å². The average Bonchev–Trinajstić information content (AvgIpc) is 3.26. The van der Waals surface area contributed by atoms with E-state index in [1.165, 1.54) is 11.0 Å². The number of piperidine rings is 1. The number of rotatable bonds is 14. The number of fused-ring (bicyclic) bond motifs is 1. The first-order valence-electron chi connectivity index (χ1n) is 15.1. The summed E-state index contributed by atoms with van der Waals surface area (Å²) in [6.07, 6.45) is 7.41. The number of carbonyl (C=O) groups excluding carboxylic acids is 6. The van der Waals surface area contributed by atoms with E-state index in [1.807, 2.05) is 20.8 Å². The summed E-state index contributed by atoms with van der Waals surface area (Å²) in [6, 6.07) is -4.78. The summed E-state index contributed by atoms with van der Waals surface area (Å²) >= 11 is 0. The number of esters is 1. The highest BCUT2D eigenvalue weighted by molar-refractivity contribution is 6.38. The molecule has 5 amide bonds. The molecule has 0 aromatic heterocycles. The zero-order chi connectivity index (χ0) is 33.6. The Kier molecular flexibility index (Phi) is 12.2. The fraction of sp³-hybridized carbons (Fsp3) is 0.688. The Hall–Kier alpha value is -3.88. The summed E-state index contributed by atoms with van der Waals surface area (Å²) in [6.45, 7) is 18.4. The van der Waals surface area contributed by atoms with Crippen LogP contribution in [0.4, 0.5) is 4.79 Å². The molecular weight excluding hydrogens is 566 g/mol. The van der Waals surface area contributed by atoms with Gasteiger partial charge in [-0.1, -0.05) is 73.8 Å². The number of nitrogens with one attached hydrogen (secondary N) is 4. The lowest BCUT2D eigenvalue weighted by molar-refractivity contribution is -0.145. The predicted molar refractivity (Wildman–Crippen MR) is 165 cm³/mol. The SMILES string of the molecule is C#CCOC(=O)[C@@H](NC(=O)N[C@H](C(=O)N1C[C@H]2[C@@H]([C@H]1C(=O)NC(CCC)C(=O)C(=O)NCC=C)C2(C)C)C(C)(C)C)C(C)C. The van der Waals surface area contributed by atoms with Gasteiger partial charge in [-0.3, -0.25) is 19.2 Å². The number of amides is 5. The van der Waals surface area contributed by atoms with Gasteiger partial charge in [0.05, 0.1) is 6.04 Å². The van der Waals surface area contributed by atoms with Crippen LogP contribution in [0.2, 0.25) is 0 Å². The minimum absolute atomic E-state index is 0.0455. The Morgan fingerprint density at radius 1 is 1.11 bits per heavy atom. The molecule has 2 aliphatic rings. The highest BCUT2D eigenvalue weighted by Gasteiger charge is 2.70. The summed E-state index contributed by atoms with van der Waals surface area (Å²) < 4.78 is 5.00. The highest BCUT2D eigenvalue weighted by Crippen LogP contribution is 2.65. The lowest BCUT2D eigenvalue weighted by Crippen LogP contribution is -2.62. The van der Waals surface area contributed by atoms with Crippen molar-refractivity contribution in [2.24, 2.45) is 28.6 Å². The third-order valence-electron chi connectivity index (χ3n) is 8.49. The Balaban J connectivity index is 2.30. The van der Waals surface area contributed by atoms with Gasteiger partial charge >= 0.3 is 12.0 Å². The Labute approximate surface area is 260 Å². The van der Waals surface area contributed by atoms with E-state index in [4.69, 9.17) is 11.2 Å². The van der Waals surface area contributed by atoms with Gasteiger partial charge in [-0.2, -0.15) is 0 Å². The van der Waals surface area contributed by atoms with Crippen LogP contribution >= 0.6 is 0 Å². The third kappa shape index (κ3) is 8.39. The largest absolute Gasteiger partial charge is 0.451 e. The molecule has 0 aromatic carbocycles. The molecule has 0 radical (unpaired) electrons. The number of hydrogen-bond acceptors (Lipinski definition) is 7. The van der Waals surface area contributed by atoms with Crippen molar-refractivity contribution < 1.29 is 33.5 Å². The zero-order valence-corrected chi connectivity index (χ0v) is 27.2. The van der Waals surface area contributed by atoms with Crippen molar-refractivity contribution in [3.05, 3.63) is 12.7 Å². The van der Waals surface area contributed by atoms with Crippen molar-refractivity contribution in [3.63, 3.8) is 0 Å². The standard InChI is InChI=1S/C32H49N5O7/c1-11-14-20(24(38)27(40)33-15-12-2)34-26(39)23-21-19(32(21,9)10)17-37(23)28(41)25(31(6,7)8)36-30(43)35-22(18(4)5)29(42)44-16-13-3/h3,12,18-23,25H,2,11,14-17H2,1,4-10H3,(H,33,40)(H,34,39)(H2,35,36,43)/t19-,20?,21-,22-,23-,25+/m0/s1. The fourth-order valence-corrected chi connectivity index (χ4v) is 5.87. The van der Waals surface area contributed by atoms with Gasteiger partial charge in [-0.05, 0) is 35.0 Å². The quantitative estimate of drug-likeness (QED) is 0.0997. The molecule has 1 saturated carbocycles. The highest BCUT2D eigenvalue weighted by atomic mass is 16.5. The monoisotopic (exact) mass is 615 g/mol. The van der Waals surface area contributed by atoms with Crippen LogP contribution in [-0.2, 0) is 28.7 Å². The van der Waals surface area contributed by atoms with E-state index < -0.39 is 65.1 Å². The van der Waals surface area contributed by atoms with Crippen LogP contribution in [0.1, 0.15) is 68.2 Å². The average molecular weight is 616 g/mol. The molecule has 0 aromatic rings. The van der Waals surface area contributed by atoms with Gasteiger partial charge in [0.25, 0.3) is 5.91 Å². The summed E-state index contributed by atoms with van der Waals surface area (Å²) in [5.74, 6) is -1.50. The predicted octanol–water partition coefficient (Wildman–Crippen LogP) is 1.54. The maximum atomic E-state index is 14.1. The molecule has 1 aliphatic carbocycles. The second-order valence-corrected chi connectivity index (χ2v) is 13.6. The van der Waals surface area contributed by atoms with Crippen molar-refractivity contribution in [1.29, 1.82) is 0 Å². The van der Waals surface area contributed by atoms with Gasteiger partial charge in [0.1, 0.15) is 18.1 Å². The van der Waals surface area contributed by atoms with Crippen LogP contribution in [0, 0.1) is 40.9 Å². The maximum Gasteiger partial charge on any atom is 0.329 e. The van der Waals surface area contributed by atoms with Gasteiger partial charge in [0, 0.05) is 13.1 Å². The van der Waals surface area contributed by atoms with Crippen LogP contribution in [-0.4, -0.2) is 84.3 Å². The molecule has 6 atom stereocenters. The van der Waals surface area contributed by atoms with E-state index in [1.54, 1.807) is 34.6 Å². The van der Waals surface area contributed by atoms with Gasteiger partial charge in [0.2, 0.25) is 17.6 Å². The van der Waals surface area contributed by atoms with E-state index in [-0.39, 0.29) is 42.7 Å². The lowest BCUT2D eigenvalue weighted by atomic mass is 9.85. The van der Waals surface area contributed by atoms with Gasteiger partial charge in [0.15, 0.2) is 6.61 Å². The minimum atomic E-state index is -1.06. The minimum Gasteiger partial charge on any atom is -0.451 e. The first kappa shape index (κ1) is 36.3. The lowest BCUT2D eigenvalue weighted by Gasteiger charge is -2.38. The number of ketones is 1. The van der Waals surface area contributed by atoms with Crippen molar-refractivity contribution in [2.45, 2.75) is 92.4 Å². The van der Waals surface area contributed by atoms with E-state index >= 15 is 0 Å². The Bertz CT molecular complexity index is 1180. The summed E-state index contributed by atoms with van der Waals surface area (Å²) in [4.78, 5) is 80.3. The van der Waals surface area contributed by atoms with Gasteiger partial charge in [-0.25, -0.2) is 9.59 Å². The molecule has 12 heteroatoms. The molecule has 44 heavy (non-hydrogen) atoms. The third-order valence-corrected chi connectivity index (χ3v) is 8.49. The molecule has 1 aliphatic heterocycles. The smallest absolute Gasteiger partial charge is 0.329 e. The molecule has 4 N–H and O–H groups in total. The molecule has 244 valence electrons. The normalized spacial score (nSPS) is 21.9. The molecule has 0 bridgehead atoms. The molecule has 2 rings (SSSR count). The van der Waals surface area contributed by atoms with E-state index in [0.29, 0.717) is 13.0 Å². The van der Waals surface area contributed by atoms with Crippen LogP contribution in [0.5, 0.6) is 0 Å². The Morgan fingerprint density at radius 2 is 1.75 bits per heavy atom. The second kappa shape index (κ2) is 14.7. The fourth-order valence-electron chi connectivity index (χ4n) is 5.87. The second-order valence-electron chi connectivity index (χ2n) is 13.6. The van der Waals surface area contributed by atoms with Crippen molar-refractivity contribution in [2.75, 3.05) is 19.7 Å². The van der Waals surface area contributed by atoms with Crippen LogP contribution < -0.4 is 21.3 Å². The molecule has 12 nitrogen and oxygen atoms in total. The number of carbonyl (C=O) groups is 6. The number of terminal acetylenes is 1.